The molecular formula is C7H14N2O. The van der Waals surface area contributed by atoms with Gasteiger partial charge in [-0.2, -0.15) is 0 Å². The Morgan fingerprint density at radius 1 is 1.40 bits per heavy atom. The first kappa shape index (κ1) is 7.57. The van der Waals surface area contributed by atoms with E-state index in [1.807, 2.05) is 6.08 Å². The molecule has 0 radical (unpaired) electrons. The molecule has 1 rings (SSSR count). The largest absolute Gasteiger partial charge is 0.405 e. The van der Waals surface area contributed by atoms with Crippen molar-refractivity contribution in [3.63, 3.8) is 0 Å². The van der Waals surface area contributed by atoms with Crippen molar-refractivity contribution in [3.8, 4) is 0 Å². The molecule has 0 aliphatic carbocycles. The minimum atomic E-state index is 0.860. The lowest BCUT2D eigenvalue weighted by Gasteiger charge is -2.24. The van der Waals surface area contributed by atoms with E-state index < -0.39 is 0 Å². The van der Waals surface area contributed by atoms with Crippen LogP contribution in [0.2, 0.25) is 0 Å². The van der Waals surface area contributed by atoms with Gasteiger partial charge in [0.15, 0.2) is 0 Å². The summed E-state index contributed by atoms with van der Waals surface area (Å²) in [5, 5.41) is 0. The van der Waals surface area contributed by atoms with Crippen molar-refractivity contribution in [2.75, 3.05) is 32.8 Å². The van der Waals surface area contributed by atoms with Gasteiger partial charge in [0.1, 0.15) is 0 Å². The summed E-state index contributed by atoms with van der Waals surface area (Å²) in [5.74, 6) is 0. The highest BCUT2D eigenvalue weighted by Crippen LogP contribution is 1.95. The topological polar surface area (TPSA) is 38.5 Å². The molecule has 1 aliphatic rings. The maximum Gasteiger partial charge on any atom is 0.0594 e. The number of nitrogens with zero attached hydrogens (tertiary/aromatic N) is 1. The fourth-order valence-corrected chi connectivity index (χ4v) is 0.994. The van der Waals surface area contributed by atoms with Crippen molar-refractivity contribution in [1.29, 1.82) is 0 Å². The lowest BCUT2D eigenvalue weighted by atomic mass is 10.4. The van der Waals surface area contributed by atoms with E-state index in [0.29, 0.717) is 0 Å². The number of nitrogens with two attached hydrogens (primary N) is 1. The van der Waals surface area contributed by atoms with Crippen LogP contribution in [0, 0.1) is 0 Å². The van der Waals surface area contributed by atoms with Crippen LogP contribution in [0.3, 0.4) is 0 Å². The van der Waals surface area contributed by atoms with Crippen molar-refractivity contribution >= 4 is 0 Å². The van der Waals surface area contributed by atoms with E-state index in [2.05, 4.69) is 4.90 Å². The SMILES string of the molecule is N/C=C/CN1CCOCC1. The van der Waals surface area contributed by atoms with Crippen LogP contribution in [-0.4, -0.2) is 37.7 Å². The summed E-state index contributed by atoms with van der Waals surface area (Å²) in [5.41, 5.74) is 5.21. The monoisotopic (exact) mass is 142 g/mol. The molecule has 0 bridgehead atoms. The second-order valence-electron chi connectivity index (χ2n) is 2.34. The van der Waals surface area contributed by atoms with Gasteiger partial charge in [-0.1, -0.05) is 6.08 Å². The second-order valence-corrected chi connectivity index (χ2v) is 2.34. The smallest absolute Gasteiger partial charge is 0.0594 e. The first-order chi connectivity index (χ1) is 4.93. The van der Waals surface area contributed by atoms with Crippen LogP contribution in [0.1, 0.15) is 0 Å². The summed E-state index contributed by atoms with van der Waals surface area (Å²) in [4.78, 5) is 2.31. The molecule has 1 saturated heterocycles. The maximum absolute atomic E-state index is 5.21. The zero-order valence-electron chi connectivity index (χ0n) is 6.12. The molecule has 0 aromatic carbocycles. The van der Waals surface area contributed by atoms with E-state index in [4.69, 9.17) is 10.5 Å². The number of hydrogen-bond acceptors (Lipinski definition) is 3. The zero-order valence-corrected chi connectivity index (χ0v) is 6.12. The fraction of sp³-hybridized carbons (Fsp3) is 0.714. The van der Waals surface area contributed by atoms with Gasteiger partial charge in [0.25, 0.3) is 0 Å². The summed E-state index contributed by atoms with van der Waals surface area (Å²) in [7, 11) is 0. The van der Waals surface area contributed by atoms with Crippen LogP contribution in [0.4, 0.5) is 0 Å². The third-order valence-corrected chi connectivity index (χ3v) is 1.60. The second kappa shape index (κ2) is 4.30. The van der Waals surface area contributed by atoms with Crippen molar-refractivity contribution < 1.29 is 4.74 Å². The van der Waals surface area contributed by atoms with Gasteiger partial charge in [-0.25, -0.2) is 0 Å². The number of hydrogen-bond donors (Lipinski definition) is 1. The molecule has 0 aromatic rings. The minimum absolute atomic E-state index is 0.860. The Balaban J connectivity index is 2.13. The Bertz CT molecular complexity index is 108. The molecule has 3 nitrogen and oxygen atoms in total. The van der Waals surface area contributed by atoms with Crippen LogP contribution in [-0.2, 0) is 4.74 Å². The molecule has 0 unspecified atom stereocenters. The maximum atomic E-state index is 5.21. The standard InChI is InChI=1S/C7H14N2O/c8-2-1-3-9-4-6-10-7-5-9/h1-2H,3-8H2/b2-1+. The molecule has 58 valence electrons. The van der Waals surface area contributed by atoms with Gasteiger partial charge in [-0.15, -0.1) is 0 Å². The summed E-state index contributed by atoms with van der Waals surface area (Å²) in [6.07, 6.45) is 3.56. The predicted molar refractivity (Wildman–Crippen MR) is 40.6 cm³/mol. The molecule has 10 heavy (non-hydrogen) atoms. The van der Waals surface area contributed by atoms with Crippen LogP contribution in [0.5, 0.6) is 0 Å². The van der Waals surface area contributed by atoms with Gasteiger partial charge < -0.3 is 10.5 Å². The Morgan fingerprint density at radius 2 is 2.10 bits per heavy atom. The number of morpholine rings is 1. The zero-order chi connectivity index (χ0) is 7.23. The molecular weight excluding hydrogens is 128 g/mol. The van der Waals surface area contributed by atoms with E-state index in [1.165, 1.54) is 0 Å². The Labute approximate surface area is 61.4 Å². The minimum Gasteiger partial charge on any atom is -0.405 e. The molecule has 0 aromatic heterocycles. The fourth-order valence-electron chi connectivity index (χ4n) is 0.994. The van der Waals surface area contributed by atoms with E-state index in [-0.39, 0.29) is 0 Å². The summed E-state index contributed by atoms with van der Waals surface area (Å²) in [6.45, 7) is 4.74. The normalized spacial score (nSPS) is 22.0. The molecule has 0 amide bonds. The van der Waals surface area contributed by atoms with Crippen LogP contribution in [0.15, 0.2) is 12.3 Å². The van der Waals surface area contributed by atoms with Crippen molar-refractivity contribution in [1.82, 2.24) is 4.90 Å². The van der Waals surface area contributed by atoms with Gasteiger partial charge in [-0.05, 0) is 6.20 Å². The van der Waals surface area contributed by atoms with Crippen LogP contribution >= 0.6 is 0 Å². The highest BCUT2D eigenvalue weighted by Gasteiger charge is 2.06. The van der Waals surface area contributed by atoms with Crippen LogP contribution < -0.4 is 5.73 Å². The lowest BCUT2D eigenvalue weighted by molar-refractivity contribution is 0.0434. The summed E-state index contributed by atoms with van der Waals surface area (Å²) >= 11 is 0. The Kier molecular flexibility index (Phi) is 3.26. The summed E-state index contributed by atoms with van der Waals surface area (Å²) < 4.78 is 5.18. The first-order valence-corrected chi connectivity index (χ1v) is 3.60. The van der Waals surface area contributed by atoms with Gasteiger partial charge in [0.05, 0.1) is 13.2 Å². The lowest BCUT2D eigenvalue weighted by Crippen LogP contribution is -2.36. The highest BCUT2D eigenvalue weighted by atomic mass is 16.5. The molecule has 3 heteroatoms. The van der Waals surface area contributed by atoms with Crippen LogP contribution in [0.25, 0.3) is 0 Å². The average Bonchev–Trinajstić information content (AvgIpc) is 2.03. The first-order valence-electron chi connectivity index (χ1n) is 3.60. The van der Waals surface area contributed by atoms with E-state index in [9.17, 15) is 0 Å². The van der Waals surface area contributed by atoms with Gasteiger partial charge in [0, 0.05) is 19.6 Å². The molecule has 0 saturated carbocycles. The number of rotatable bonds is 2. The van der Waals surface area contributed by atoms with Crippen molar-refractivity contribution in [2.24, 2.45) is 5.73 Å². The van der Waals surface area contributed by atoms with Gasteiger partial charge >= 0.3 is 0 Å². The molecule has 1 aliphatic heterocycles. The molecule has 2 N–H and O–H groups in total. The van der Waals surface area contributed by atoms with Gasteiger partial charge in [-0.3, -0.25) is 4.90 Å². The quantitative estimate of drug-likeness (QED) is 0.580. The van der Waals surface area contributed by atoms with E-state index in [1.54, 1.807) is 6.20 Å². The van der Waals surface area contributed by atoms with Crippen molar-refractivity contribution in [2.45, 2.75) is 0 Å². The molecule has 1 heterocycles. The average molecular weight is 142 g/mol. The molecule has 0 atom stereocenters. The Hall–Kier alpha value is -0.540. The number of ether oxygens (including phenoxy) is 1. The highest BCUT2D eigenvalue weighted by molar-refractivity contribution is 4.80. The molecule has 0 spiro atoms. The third-order valence-electron chi connectivity index (χ3n) is 1.60. The third kappa shape index (κ3) is 2.37. The predicted octanol–water partition coefficient (Wildman–Crippen LogP) is -0.209. The summed E-state index contributed by atoms with van der Waals surface area (Å²) in [6, 6.07) is 0. The molecule has 1 fully saturated rings. The van der Waals surface area contributed by atoms with E-state index >= 15 is 0 Å². The van der Waals surface area contributed by atoms with E-state index in [0.717, 1.165) is 32.8 Å². The Morgan fingerprint density at radius 3 is 2.70 bits per heavy atom. The van der Waals surface area contributed by atoms with Crippen molar-refractivity contribution in [3.05, 3.63) is 12.3 Å². The van der Waals surface area contributed by atoms with Gasteiger partial charge in [0.2, 0.25) is 0 Å².